The van der Waals surface area contributed by atoms with Gasteiger partial charge in [-0.1, -0.05) is 75.2 Å². The van der Waals surface area contributed by atoms with Gasteiger partial charge in [0.25, 0.3) is 9.05 Å². The summed E-state index contributed by atoms with van der Waals surface area (Å²) in [6.07, 6.45) is 4.19. The lowest BCUT2D eigenvalue weighted by molar-refractivity contribution is 0.579. The quantitative estimate of drug-likeness (QED) is 0.148. The standard InChI is InChI=1S/C16H22N2O2S.C12H12ClNO2S.C4H11N/c1-4-5-12-17-21(19,20)16-11-7-8-13-14(16)9-6-10-15(13)18(2)3;1-14(2)11-7-3-6-10-9(11)5-4-8-12(10)17(13,15)16;1-2-3-4-5/h6-11,17H,4-5,12H2,1-3H3;3-8H,1-2H3;2-5H2,1H3. The van der Waals surface area contributed by atoms with Crippen molar-refractivity contribution in [2.45, 2.75) is 49.3 Å². The summed E-state index contributed by atoms with van der Waals surface area (Å²) in [7, 11) is 5.97. The minimum Gasteiger partial charge on any atom is -0.377 e. The van der Waals surface area contributed by atoms with Gasteiger partial charge in [-0.25, -0.2) is 21.6 Å². The van der Waals surface area contributed by atoms with E-state index in [0.717, 1.165) is 46.9 Å². The van der Waals surface area contributed by atoms with E-state index in [1.807, 2.05) is 87.4 Å². The molecule has 0 saturated heterocycles. The van der Waals surface area contributed by atoms with Gasteiger partial charge in [0.1, 0.15) is 0 Å². The second-order valence-electron chi connectivity index (χ2n) is 10.4. The zero-order valence-electron chi connectivity index (χ0n) is 26.0. The van der Waals surface area contributed by atoms with Gasteiger partial charge in [-0.15, -0.1) is 0 Å². The molecule has 3 N–H and O–H groups in total. The van der Waals surface area contributed by atoms with Crippen molar-refractivity contribution in [3.63, 3.8) is 0 Å². The van der Waals surface area contributed by atoms with E-state index in [1.165, 1.54) is 18.9 Å². The van der Waals surface area contributed by atoms with Crippen molar-refractivity contribution >= 4 is 62.7 Å². The Labute approximate surface area is 262 Å². The Morgan fingerprint density at radius 2 is 1.07 bits per heavy atom. The molecule has 8 nitrogen and oxygen atoms in total. The number of halogens is 1. The third-order valence-corrected chi connectivity index (χ3v) is 9.51. The van der Waals surface area contributed by atoms with Crippen LogP contribution in [0.25, 0.3) is 21.5 Å². The Kier molecular flexibility index (Phi) is 14.2. The van der Waals surface area contributed by atoms with Crippen LogP contribution in [0, 0.1) is 0 Å². The lowest BCUT2D eigenvalue weighted by atomic mass is 10.1. The van der Waals surface area contributed by atoms with Gasteiger partial charge in [-0.3, -0.25) is 0 Å². The highest BCUT2D eigenvalue weighted by atomic mass is 35.7. The number of nitrogens with two attached hydrogens (primary N) is 1. The van der Waals surface area contributed by atoms with Crippen LogP contribution >= 0.6 is 10.7 Å². The van der Waals surface area contributed by atoms with Crippen molar-refractivity contribution < 1.29 is 16.8 Å². The van der Waals surface area contributed by atoms with Gasteiger partial charge in [-0.2, -0.15) is 0 Å². The van der Waals surface area contributed by atoms with Crippen LogP contribution in [0.1, 0.15) is 39.5 Å². The molecular formula is C32H45ClN4O4S2. The molecule has 4 rings (SSSR count). The Morgan fingerprint density at radius 3 is 1.47 bits per heavy atom. The van der Waals surface area contributed by atoms with E-state index in [1.54, 1.807) is 24.3 Å². The van der Waals surface area contributed by atoms with Crippen LogP contribution in [-0.2, 0) is 19.1 Å². The van der Waals surface area contributed by atoms with E-state index in [9.17, 15) is 16.8 Å². The number of unbranched alkanes of at least 4 members (excludes halogenated alkanes) is 2. The normalized spacial score (nSPS) is 11.3. The average molecular weight is 649 g/mol. The first-order chi connectivity index (χ1) is 20.3. The van der Waals surface area contributed by atoms with E-state index >= 15 is 0 Å². The fourth-order valence-electron chi connectivity index (χ4n) is 4.42. The molecule has 11 heteroatoms. The van der Waals surface area contributed by atoms with E-state index < -0.39 is 19.1 Å². The summed E-state index contributed by atoms with van der Waals surface area (Å²) in [5.74, 6) is 0. The predicted octanol–water partition coefficient (Wildman–Crippen LogP) is 6.56. The van der Waals surface area contributed by atoms with Gasteiger partial charge >= 0.3 is 0 Å². The molecular weight excluding hydrogens is 604 g/mol. The lowest BCUT2D eigenvalue weighted by Gasteiger charge is -2.17. The summed E-state index contributed by atoms with van der Waals surface area (Å²) in [5.41, 5.74) is 7.11. The molecule has 0 aliphatic carbocycles. The number of sulfonamides is 1. The van der Waals surface area contributed by atoms with Crippen molar-refractivity contribution in [3.05, 3.63) is 72.8 Å². The highest BCUT2D eigenvalue weighted by molar-refractivity contribution is 8.14. The molecule has 0 amide bonds. The maximum Gasteiger partial charge on any atom is 0.261 e. The minimum absolute atomic E-state index is 0.153. The smallest absolute Gasteiger partial charge is 0.261 e. The van der Waals surface area contributed by atoms with Crippen molar-refractivity contribution in [2.75, 3.05) is 51.1 Å². The van der Waals surface area contributed by atoms with Gasteiger partial charge in [-0.05, 0) is 43.7 Å². The highest BCUT2D eigenvalue weighted by Gasteiger charge is 2.18. The summed E-state index contributed by atoms with van der Waals surface area (Å²) < 4.78 is 50.6. The summed E-state index contributed by atoms with van der Waals surface area (Å²) >= 11 is 0. The first-order valence-corrected chi connectivity index (χ1v) is 18.1. The first kappa shape index (κ1) is 36.3. The third-order valence-electron chi connectivity index (χ3n) is 6.61. The summed E-state index contributed by atoms with van der Waals surface area (Å²) in [6.45, 7) is 5.49. The molecule has 0 aliphatic heterocycles. The molecule has 43 heavy (non-hydrogen) atoms. The van der Waals surface area contributed by atoms with Gasteiger partial charge in [0.05, 0.1) is 9.79 Å². The van der Waals surface area contributed by atoms with E-state index in [0.29, 0.717) is 16.8 Å². The molecule has 0 aromatic heterocycles. The van der Waals surface area contributed by atoms with Crippen molar-refractivity contribution in [2.24, 2.45) is 5.73 Å². The van der Waals surface area contributed by atoms with Crippen LogP contribution in [0.2, 0.25) is 0 Å². The number of fused-ring (bicyclic) bond motifs is 2. The second kappa shape index (κ2) is 16.8. The van der Waals surface area contributed by atoms with Gasteiger partial charge in [0.15, 0.2) is 0 Å². The zero-order valence-corrected chi connectivity index (χ0v) is 28.4. The topological polar surface area (TPSA) is 113 Å². The van der Waals surface area contributed by atoms with Crippen LogP contribution in [0.4, 0.5) is 11.4 Å². The molecule has 0 radical (unpaired) electrons. The third kappa shape index (κ3) is 10.1. The van der Waals surface area contributed by atoms with Crippen LogP contribution in [0.15, 0.2) is 82.6 Å². The molecule has 4 aromatic rings. The molecule has 4 aromatic carbocycles. The predicted molar refractivity (Wildman–Crippen MR) is 184 cm³/mol. The maximum atomic E-state index is 12.5. The summed E-state index contributed by atoms with van der Waals surface area (Å²) in [6, 6.07) is 21.8. The number of anilines is 2. The number of nitrogens with zero attached hydrogens (tertiary/aromatic N) is 2. The van der Waals surface area contributed by atoms with Crippen molar-refractivity contribution in [1.82, 2.24) is 4.72 Å². The lowest BCUT2D eigenvalue weighted by Crippen LogP contribution is -2.25. The number of hydrogen-bond acceptors (Lipinski definition) is 7. The van der Waals surface area contributed by atoms with Crippen molar-refractivity contribution in [1.29, 1.82) is 0 Å². The van der Waals surface area contributed by atoms with Crippen LogP contribution in [0.5, 0.6) is 0 Å². The van der Waals surface area contributed by atoms with Crippen LogP contribution in [0.3, 0.4) is 0 Å². The zero-order chi connectivity index (χ0) is 32.2. The summed E-state index contributed by atoms with van der Waals surface area (Å²) in [4.78, 5) is 4.43. The summed E-state index contributed by atoms with van der Waals surface area (Å²) in [5, 5.41) is 3.22. The number of benzene rings is 4. The first-order valence-electron chi connectivity index (χ1n) is 14.3. The second-order valence-corrected chi connectivity index (χ2v) is 14.6. The molecule has 236 valence electrons. The van der Waals surface area contributed by atoms with Crippen molar-refractivity contribution in [3.8, 4) is 0 Å². The Bertz CT molecular complexity index is 1690. The number of nitrogens with one attached hydrogen (secondary N) is 1. The Morgan fingerprint density at radius 1 is 0.651 bits per heavy atom. The highest BCUT2D eigenvalue weighted by Crippen LogP contribution is 2.32. The van der Waals surface area contributed by atoms with E-state index in [4.69, 9.17) is 16.4 Å². The van der Waals surface area contributed by atoms with Gasteiger partial charge in [0, 0.05) is 78.3 Å². The van der Waals surface area contributed by atoms with Gasteiger partial charge < -0.3 is 15.5 Å². The number of hydrogen-bond donors (Lipinski definition) is 2. The largest absolute Gasteiger partial charge is 0.377 e. The van der Waals surface area contributed by atoms with Crippen LogP contribution in [-0.4, -0.2) is 58.1 Å². The fraction of sp³-hybridized carbons (Fsp3) is 0.375. The molecule has 0 aliphatic rings. The number of rotatable bonds is 10. The molecule has 0 spiro atoms. The monoisotopic (exact) mass is 648 g/mol. The molecule has 0 fully saturated rings. The molecule has 0 atom stereocenters. The minimum atomic E-state index is -3.72. The van der Waals surface area contributed by atoms with E-state index in [2.05, 4.69) is 11.6 Å². The fourth-order valence-corrected chi connectivity index (χ4v) is 6.80. The molecule has 0 heterocycles. The Hall–Kier alpha value is -2.89. The Balaban J connectivity index is 0.000000264. The van der Waals surface area contributed by atoms with Crippen LogP contribution < -0.4 is 20.3 Å². The SMILES string of the molecule is CCCCN.CCCCNS(=O)(=O)c1cccc2c(N(C)C)cccc12.CN(C)c1cccc2c(S(=O)(=O)Cl)cccc12. The molecule has 0 saturated carbocycles. The van der Waals surface area contributed by atoms with E-state index in [-0.39, 0.29) is 4.90 Å². The maximum absolute atomic E-state index is 12.5. The molecule has 0 bridgehead atoms. The van der Waals surface area contributed by atoms with Gasteiger partial charge in [0.2, 0.25) is 10.0 Å². The average Bonchev–Trinajstić information content (AvgIpc) is 2.96. The molecule has 0 unspecified atom stereocenters.